The van der Waals surface area contributed by atoms with Crippen LogP contribution >= 0.6 is 0 Å². The standard InChI is InChI=1S/C7H16BF3N/c1-7(2,3)5-12(4)6-8(9,10)11/h5-6H2,1-4H3/q-1. The zero-order chi connectivity index (χ0) is 9.99. The van der Waals surface area contributed by atoms with E-state index in [-0.39, 0.29) is 5.41 Å². The van der Waals surface area contributed by atoms with Gasteiger partial charge in [0.1, 0.15) is 0 Å². The molecule has 0 heterocycles. The van der Waals surface area contributed by atoms with E-state index in [9.17, 15) is 12.9 Å². The molecule has 0 unspecified atom stereocenters. The van der Waals surface area contributed by atoms with E-state index in [4.69, 9.17) is 0 Å². The van der Waals surface area contributed by atoms with Gasteiger partial charge in [-0.15, -0.1) is 0 Å². The van der Waals surface area contributed by atoms with Crippen LogP contribution in [0.2, 0.25) is 0 Å². The highest BCUT2D eigenvalue weighted by Crippen LogP contribution is 2.16. The van der Waals surface area contributed by atoms with Crippen LogP contribution < -0.4 is 0 Å². The Labute approximate surface area is 72.0 Å². The van der Waals surface area contributed by atoms with E-state index in [1.54, 1.807) is 0 Å². The summed E-state index contributed by atoms with van der Waals surface area (Å²) in [5, 5.41) is 0. The first kappa shape index (κ1) is 11.8. The van der Waals surface area contributed by atoms with Gasteiger partial charge < -0.3 is 17.8 Å². The zero-order valence-electron chi connectivity index (χ0n) is 8.07. The molecule has 0 saturated heterocycles. The molecule has 0 radical (unpaired) electrons. The largest absolute Gasteiger partial charge is 0.492 e. The van der Waals surface area contributed by atoms with Crippen molar-refractivity contribution in [2.45, 2.75) is 20.8 Å². The monoisotopic (exact) mass is 182 g/mol. The minimum atomic E-state index is -4.67. The van der Waals surface area contributed by atoms with E-state index in [1.165, 1.54) is 11.9 Å². The smallest absolute Gasteiger partial charge is 0.448 e. The van der Waals surface area contributed by atoms with Gasteiger partial charge in [0.25, 0.3) is 0 Å². The quantitative estimate of drug-likeness (QED) is 0.605. The van der Waals surface area contributed by atoms with Gasteiger partial charge in [0.05, 0.1) is 0 Å². The molecular formula is C7H16BF3N-. The fourth-order valence-corrected chi connectivity index (χ4v) is 1.23. The molecule has 0 aromatic carbocycles. The molecule has 74 valence electrons. The van der Waals surface area contributed by atoms with E-state index in [0.717, 1.165) is 0 Å². The normalized spacial score (nSPS) is 14.0. The van der Waals surface area contributed by atoms with Crippen LogP contribution in [0.3, 0.4) is 0 Å². The van der Waals surface area contributed by atoms with Crippen molar-refractivity contribution in [3.8, 4) is 0 Å². The van der Waals surface area contributed by atoms with Gasteiger partial charge in [-0.25, -0.2) is 0 Å². The van der Waals surface area contributed by atoms with Crippen molar-refractivity contribution in [1.82, 2.24) is 4.90 Å². The summed E-state index contributed by atoms with van der Waals surface area (Å²) >= 11 is 0. The molecular weight excluding hydrogens is 166 g/mol. The van der Waals surface area contributed by atoms with Crippen LogP contribution in [0, 0.1) is 5.41 Å². The van der Waals surface area contributed by atoms with Crippen molar-refractivity contribution in [1.29, 1.82) is 0 Å². The van der Waals surface area contributed by atoms with Crippen LogP contribution in [0.4, 0.5) is 12.9 Å². The highest BCUT2D eigenvalue weighted by Gasteiger charge is 2.26. The number of nitrogens with zero attached hydrogens (tertiary/aromatic N) is 1. The number of hydrogen-bond acceptors (Lipinski definition) is 1. The van der Waals surface area contributed by atoms with Gasteiger partial charge in [0.15, 0.2) is 0 Å². The SMILES string of the molecule is CN(C[B-](F)(F)F)CC(C)(C)C. The topological polar surface area (TPSA) is 3.24 Å². The van der Waals surface area contributed by atoms with Crippen molar-refractivity contribution < 1.29 is 12.9 Å². The van der Waals surface area contributed by atoms with Gasteiger partial charge in [0.2, 0.25) is 0 Å². The van der Waals surface area contributed by atoms with Crippen LogP contribution in [0.1, 0.15) is 20.8 Å². The molecule has 0 saturated carbocycles. The third-order valence-electron chi connectivity index (χ3n) is 1.26. The Morgan fingerprint density at radius 2 is 1.58 bits per heavy atom. The maximum absolute atomic E-state index is 11.9. The molecule has 0 amide bonds. The molecule has 0 fully saturated rings. The molecule has 0 aliphatic carbocycles. The van der Waals surface area contributed by atoms with Gasteiger partial charge in [-0.1, -0.05) is 20.8 Å². The van der Waals surface area contributed by atoms with E-state index < -0.39 is 13.4 Å². The fraction of sp³-hybridized carbons (Fsp3) is 1.00. The number of halogens is 3. The lowest BCUT2D eigenvalue weighted by Gasteiger charge is -2.30. The van der Waals surface area contributed by atoms with E-state index in [1.807, 2.05) is 20.8 Å². The second-order valence-electron chi connectivity index (χ2n) is 4.47. The van der Waals surface area contributed by atoms with Gasteiger partial charge in [-0.05, 0) is 25.5 Å². The van der Waals surface area contributed by atoms with Gasteiger partial charge in [-0.3, -0.25) is 0 Å². The summed E-state index contributed by atoms with van der Waals surface area (Å²) < 4.78 is 35.7. The maximum Gasteiger partial charge on any atom is 0.492 e. The molecule has 0 aliphatic heterocycles. The van der Waals surface area contributed by atoms with E-state index in [2.05, 4.69) is 0 Å². The lowest BCUT2D eigenvalue weighted by atomic mass is 9.89. The molecule has 0 N–H and O–H groups in total. The summed E-state index contributed by atoms with van der Waals surface area (Å²) in [7, 11) is 1.50. The second-order valence-corrected chi connectivity index (χ2v) is 4.47. The zero-order valence-corrected chi connectivity index (χ0v) is 8.07. The molecule has 0 aromatic rings. The highest BCUT2D eigenvalue weighted by molar-refractivity contribution is 6.58. The summed E-state index contributed by atoms with van der Waals surface area (Å²) in [4.78, 5) is 1.32. The van der Waals surface area contributed by atoms with E-state index >= 15 is 0 Å². The first-order chi connectivity index (χ1) is 5.10. The molecule has 0 aliphatic rings. The Bertz CT molecular complexity index is 123. The minimum absolute atomic E-state index is 0.0733. The summed E-state index contributed by atoms with van der Waals surface area (Å²) in [5.74, 6) is 0. The predicted octanol–water partition coefficient (Wildman–Crippen LogP) is 2.35. The van der Waals surface area contributed by atoms with Crippen molar-refractivity contribution >= 4 is 6.98 Å². The van der Waals surface area contributed by atoms with Crippen molar-refractivity contribution in [3.63, 3.8) is 0 Å². The van der Waals surface area contributed by atoms with Gasteiger partial charge in [0, 0.05) is 0 Å². The van der Waals surface area contributed by atoms with Crippen LogP contribution in [-0.2, 0) is 0 Å². The molecule has 0 rings (SSSR count). The summed E-state index contributed by atoms with van der Waals surface area (Å²) in [5.41, 5.74) is -0.0733. The molecule has 1 nitrogen and oxygen atoms in total. The van der Waals surface area contributed by atoms with Crippen LogP contribution in [0.5, 0.6) is 0 Å². The Morgan fingerprint density at radius 1 is 1.17 bits per heavy atom. The minimum Gasteiger partial charge on any atom is -0.448 e. The molecule has 0 bridgehead atoms. The van der Waals surface area contributed by atoms with Crippen molar-refractivity contribution in [2.24, 2.45) is 5.41 Å². The Morgan fingerprint density at radius 3 is 1.83 bits per heavy atom. The Kier molecular flexibility index (Phi) is 3.63. The maximum atomic E-state index is 11.9. The van der Waals surface area contributed by atoms with Gasteiger partial charge >= 0.3 is 6.98 Å². The lowest BCUT2D eigenvalue weighted by Crippen LogP contribution is -2.39. The van der Waals surface area contributed by atoms with Crippen molar-refractivity contribution in [2.75, 3.05) is 20.0 Å². The molecule has 0 aromatic heterocycles. The first-order valence-electron chi connectivity index (χ1n) is 4.00. The number of hydrogen-bond donors (Lipinski definition) is 0. The molecule has 0 spiro atoms. The Hall–Kier alpha value is -0.185. The van der Waals surface area contributed by atoms with Crippen LogP contribution in [-0.4, -0.2) is 31.9 Å². The van der Waals surface area contributed by atoms with E-state index in [0.29, 0.717) is 6.54 Å². The lowest BCUT2D eigenvalue weighted by molar-refractivity contribution is 0.233. The highest BCUT2D eigenvalue weighted by atomic mass is 19.4. The van der Waals surface area contributed by atoms with Crippen LogP contribution in [0.15, 0.2) is 0 Å². The summed E-state index contributed by atoms with van der Waals surface area (Å²) in [6.07, 6.45) is -0.767. The average molecular weight is 182 g/mol. The average Bonchev–Trinajstić information content (AvgIpc) is 1.49. The third kappa shape index (κ3) is 7.92. The molecule has 5 heteroatoms. The summed E-state index contributed by atoms with van der Waals surface area (Å²) in [6, 6.07) is 0. The van der Waals surface area contributed by atoms with Gasteiger partial charge in [-0.2, -0.15) is 0 Å². The third-order valence-corrected chi connectivity index (χ3v) is 1.26. The second kappa shape index (κ2) is 3.68. The van der Waals surface area contributed by atoms with Crippen molar-refractivity contribution in [3.05, 3.63) is 0 Å². The molecule has 0 atom stereocenters. The van der Waals surface area contributed by atoms with Crippen LogP contribution in [0.25, 0.3) is 0 Å². The molecule has 12 heavy (non-hydrogen) atoms. The summed E-state index contributed by atoms with van der Waals surface area (Å²) in [6.45, 7) is 1.56. The fourth-order valence-electron chi connectivity index (χ4n) is 1.23. The first-order valence-corrected chi connectivity index (χ1v) is 4.00. The predicted molar refractivity (Wildman–Crippen MR) is 46.0 cm³/mol. The Balaban J connectivity index is 3.83. The number of rotatable bonds is 3.